The molecule has 7 nitrogen and oxygen atoms in total. The predicted molar refractivity (Wildman–Crippen MR) is 134 cm³/mol. The molecule has 0 saturated carbocycles. The molecule has 0 amide bonds. The van der Waals surface area contributed by atoms with E-state index in [4.69, 9.17) is 0 Å². The van der Waals surface area contributed by atoms with Crippen LogP contribution in [-0.4, -0.2) is 36.3 Å². The normalized spacial score (nSPS) is 11.8. The molecule has 0 radical (unpaired) electrons. The molecular weight excluding hydrogens is 464 g/mol. The zero-order chi connectivity index (χ0) is 24.1. The Morgan fingerprint density at radius 1 is 1.18 bits per heavy atom. The molecule has 0 fully saturated rings. The first kappa shape index (κ1) is 23.8. The predicted octanol–water partition coefficient (Wildman–Crippen LogP) is 5.19. The Labute approximate surface area is 206 Å². The zero-order valence-electron chi connectivity index (χ0n) is 19.2. The van der Waals surface area contributed by atoms with Gasteiger partial charge in [-0.05, 0) is 43.0 Å². The Morgan fingerprint density at radius 2 is 1.94 bits per heavy atom. The fourth-order valence-corrected chi connectivity index (χ4v) is 5.44. The fraction of sp³-hybridized carbons (Fsp3) is 0.280. The first-order valence-electron chi connectivity index (χ1n) is 11.0. The SMILES string of the molecule is CCc1cccc(CC)c1-n1c(SCC(=O)C(C#N)c2nc(C)cs2)nnc1-c1cccnc1. The topological polar surface area (TPSA) is 97.3 Å². The summed E-state index contributed by atoms with van der Waals surface area (Å²) in [6.07, 6.45) is 5.17. The van der Waals surface area contributed by atoms with Crippen LogP contribution in [0.25, 0.3) is 17.1 Å². The van der Waals surface area contributed by atoms with Crippen molar-refractivity contribution in [2.45, 2.75) is 44.7 Å². The van der Waals surface area contributed by atoms with Gasteiger partial charge in [-0.25, -0.2) is 4.98 Å². The average Bonchev–Trinajstić information content (AvgIpc) is 3.49. The van der Waals surface area contributed by atoms with Gasteiger partial charge in [-0.1, -0.05) is 43.8 Å². The van der Waals surface area contributed by atoms with Gasteiger partial charge in [0.15, 0.2) is 22.7 Å². The summed E-state index contributed by atoms with van der Waals surface area (Å²) in [5.41, 5.74) is 5.04. The molecule has 1 aromatic carbocycles. The Morgan fingerprint density at radius 3 is 2.53 bits per heavy atom. The summed E-state index contributed by atoms with van der Waals surface area (Å²) < 4.78 is 2.03. The van der Waals surface area contributed by atoms with E-state index in [0.29, 0.717) is 16.0 Å². The Balaban J connectivity index is 1.74. The van der Waals surface area contributed by atoms with Crippen LogP contribution in [0.1, 0.15) is 41.6 Å². The highest BCUT2D eigenvalue weighted by atomic mass is 32.2. The maximum atomic E-state index is 13.0. The second-order valence-corrected chi connectivity index (χ2v) is 9.49. The number of benzene rings is 1. The summed E-state index contributed by atoms with van der Waals surface area (Å²) in [5, 5.41) is 21.6. The number of ketones is 1. The van der Waals surface area contributed by atoms with E-state index < -0.39 is 5.92 Å². The van der Waals surface area contributed by atoms with Crippen molar-refractivity contribution >= 4 is 28.9 Å². The number of thiazole rings is 1. The molecule has 0 aliphatic carbocycles. The Bertz CT molecular complexity index is 1320. The molecule has 4 aromatic rings. The molecule has 1 atom stereocenters. The molecule has 0 aliphatic heterocycles. The molecule has 3 aromatic heterocycles. The molecule has 1 unspecified atom stereocenters. The number of nitriles is 1. The number of carbonyl (C=O) groups is 1. The monoisotopic (exact) mass is 488 g/mol. The van der Waals surface area contributed by atoms with Crippen LogP contribution in [0.4, 0.5) is 0 Å². The number of Topliss-reactive ketones (excluding diaryl/α,β-unsaturated/α-hetero) is 1. The van der Waals surface area contributed by atoms with E-state index in [-0.39, 0.29) is 11.5 Å². The van der Waals surface area contributed by atoms with Crippen molar-refractivity contribution in [3.05, 3.63) is 69.9 Å². The lowest BCUT2D eigenvalue weighted by molar-refractivity contribution is -0.116. The molecule has 3 heterocycles. The lowest BCUT2D eigenvalue weighted by Gasteiger charge is -2.18. The number of carbonyl (C=O) groups excluding carboxylic acids is 1. The molecule has 4 rings (SSSR count). The van der Waals surface area contributed by atoms with E-state index in [2.05, 4.69) is 58.3 Å². The van der Waals surface area contributed by atoms with Gasteiger partial charge in [-0.3, -0.25) is 14.3 Å². The van der Waals surface area contributed by atoms with Crippen LogP contribution >= 0.6 is 23.1 Å². The molecule has 34 heavy (non-hydrogen) atoms. The zero-order valence-corrected chi connectivity index (χ0v) is 20.9. The standard InChI is InChI=1S/C25H24N6OS2/c1-4-17-8-6-9-18(5-2)22(17)31-23(19-10-7-11-27-13-19)29-30-25(31)34-15-21(32)20(12-26)24-28-16(3)14-33-24/h6-11,13-14,20H,4-5,15H2,1-3H3. The summed E-state index contributed by atoms with van der Waals surface area (Å²) in [4.78, 5) is 21.6. The van der Waals surface area contributed by atoms with Crippen molar-refractivity contribution in [2.75, 3.05) is 5.75 Å². The van der Waals surface area contributed by atoms with Crippen LogP contribution in [0.2, 0.25) is 0 Å². The summed E-state index contributed by atoms with van der Waals surface area (Å²) in [7, 11) is 0. The lowest BCUT2D eigenvalue weighted by atomic mass is 10.0. The van der Waals surface area contributed by atoms with Crippen molar-refractivity contribution in [3.63, 3.8) is 0 Å². The summed E-state index contributed by atoms with van der Waals surface area (Å²) in [6, 6.07) is 12.2. The second kappa shape index (κ2) is 10.7. The van der Waals surface area contributed by atoms with Gasteiger partial charge >= 0.3 is 0 Å². The number of thioether (sulfide) groups is 1. The number of aryl methyl sites for hydroxylation is 3. The number of para-hydroxylation sites is 1. The number of rotatable bonds is 9. The van der Waals surface area contributed by atoms with Crippen LogP contribution in [0.3, 0.4) is 0 Å². The minimum atomic E-state index is -0.880. The summed E-state index contributed by atoms with van der Waals surface area (Å²) in [5.74, 6) is -0.308. The lowest BCUT2D eigenvalue weighted by Crippen LogP contribution is -2.14. The van der Waals surface area contributed by atoms with Crippen LogP contribution in [-0.2, 0) is 17.6 Å². The number of aromatic nitrogens is 5. The quantitative estimate of drug-likeness (QED) is 0.299. The molecule has 9 heteroatoms. The third-order valence-electron chi connectivity index (χ3n) is 5.42. The van der Waals surface area contributed by atoms with Gasteiger partial charge in [-0.15, -0.1) is 21.5 Å². The minimum Gasteiger partial charge on any atom is -0.297 e. The van der Waals surface area contributed by atoms with Gasteiger partial charge in [0.05, 0.1) is 17.5 Å². The van der Waals surface area contributed by atoms with Crippen molar-refractivity contribution in [2.24, 2.45) is 0 Å². The maximum absolute atomic E-state index is 13.0. The van der Waals surface area contributed by atoms with Gasteiger partial charge < -0.3 is 0 Å². The number of nitrogens with zero attached hydrogens (tertiary/aromatic N) is 6. The maximum Gasteiger partial charge on any atom is 0.196 e. The van der Waals surface area contributed by atoms with E-state index >= 15 is 0 Å². The molecule has 0 bridgehead atoms. The van der Waals surface area contributed by atoms with Crippen LogP contribution in [0, 0.1) is 18.3 Å². The highest BCUT2D eigenvalue weighted by Gasteiger charge is 2.26. The first-order chi connectivity index (χ1) is 16.6. The molecule has 0 spiro atoms. The first-order valence-corrected chi connectivity index (χ1v) is 12.9. The van der Waals surface area contributed by atoms with E-state index in [1.807, 2.05) is 29.0 Å². The van der Waals surface area contributed by atoms with Crippen LogP contribution in [0.15, 0.2) is 53.3 Å². The number of hydrogen-bond acceptors (Lipinski definition) is 8. The summed E-state index contributed by atoms with van der Waals surface area (Å²) >= 11 is 2.63. The Hall–Kier alpha value is -3.35. The van der Waals surface area contributed by atoms with Gasteiger partial charge in [-0.2, -0.15) is 5.26 Å². The number of hydrogen-bond donors (Lipinski definition) is 0. The highest BCUT2D eigenvalue weighted by Crippen LogP contribution is 2.33. The van der Waals surface area contributed by atoms with Gasteiger partial charge in [0.2, 0.25) is 0 Å². The fourth-order valence-electron chi connectivity index (χ4n) is 3.74. The molecule has 172 valence electrons. The van der Waals surface area contributed by atoms with Crippen LogP contribution < -0.4 is 0 Å². The van der Waals surface area contributed by atoms with E-state index in [0.717, 1.165) is 29.8 Å². The van der Waals surface area contributed by atoms with Crippen molar-refractivity contribution in [1.29, 1.82) is 5.26 Å². The van der Waals surface area contributed by atoms with Gasteiger partial charge in [0.25, 0.3) is 0 Å². The van der Waals surface area contributed by atoms with E-state index in [1.165, 1.54) is 34.2 Å². The molecular formula is C25H24N6OS2. The van der Waals surface area contributed by atoms with Gasteiger partial charge in [0, 0.05) is 29.0 Å². The molecule has 0 saturated heterocycles. The third kappa shape index (κ3) is 4.79. The minimum absolute atomic E-state index is 0.0950. The van der Waals surface area contributed by atoms with Crippen molar-refractivity contribution in [3.8, 4) is 23.1 Å². The molecule has 0 N–H and O–H groups in total. The smallest absolute Gasteiger partial charge is 0.196 e. The van der Waals surface area contributed by atoms with E-state index in [1.54, 1.807) is 12.4 Å². The summed E-state index contributed by atoms with van der Waals surface area (Å²) in [6.45, 7) is 6.10. The highest BCUT2D eigenvalue weighted by molar-refractivity contribution is 7.99. The van der Waals surface area contributed by atoms with Gasteiger partial charge in [0.1, 0.15) is 5.01 Å². The average molecular weight is 489 g/mol. The Kier molecular flexibility index (Phi) is 7.50. The largest absolute Gasteiger partial charge is 0.297 e. The van der Waals surface area contributed by atoms with Crippen molar-refractivity contribution < 1.29 is 4.79 Å². The number of pyridine rings is 1. The third-order valence-corrected chi connectivity index (χ3v) is 7.40. The van der Waals surface area contributed by atoms with E-state index in [9.17, 15) is 10.1 Å². The van der Waals surface area contributed by atoms with Crippen molar-refractivity contribution in [1.82, 2.24) is 24.7 Å². The second-order valence-electron chi connectivity index (χ2n) is 7.66. The molecule has 0 aliphatic rings. The van der Waals surface area contributed by atoms with Crippen LogP contribution in [0.5, 0.6) is 0 Å².